The second kappa shape index (κ2) is 15.0. The fourth-order valence-electron chi connectivity index (χ4n) is 5.91. The number of amides is 1. The van der Waals surface area contributed by atoms with Gasteiger partial charge in [-0.1, -0.05) is 96.9 Å². The summed E-state index contributed by atoms with van der Waals surface area (Å²) in [7, 11) is 0. The van der Waals surface area contributed by atoms with Crippen LogP contribution in [0.3, 0.4) is 0 Å². The fourth-order valence-corrected chi connectivity index (χ4v) is 8.25. The van der Waals surface area contributed by atoms with Crippen molar-refractivity contribution in [3.05, 3.63) is 159 Å². The Kier molecular flexibility index (Phi) is 10.2. The lowest BCUT2D eigenvalue weighted by Gasteiger charge is -2.25. The molecule has 1 amide bonds. The molecule has 0 fully saturated rings. The molecule has 7 rings (SSSR count). The van der Waals surface area contributed by atoms with Gasteiger partial charge < -0.3 is 5.32 Å². The lowest BCUT2D eigenvalue weighted by Crippen LogP contribution is -2.40. The van der Waals surface area contributed by atoms with Gasteiger partial charge in [0.25, 0.3) is 17.2 Å². The molecule has 0 aliphatic carbocycles. The number of hydrogen-bond acceptors (Lipinski definition) is 9. The quantitative estimate of drug-likeness (QED) is 0.111. The van der Waals surface area contributed by atoms with Gasteiger partial charge in [-0.3, -0.25) is 29.4 Å². The van der Waals surface area contributed by atoms with Crippen molar-refractivity contribution in [2.24, 2.45) is 4.99 Å². The fraction of sp³-hybridized carbons (Fsp3) is 0.132. The predicted molar refractivity (Wildman–Crippen MR) is 208 cm³/mol. The van der Waals surface area contributed by atoms with Crippen LogP contribution in [0, 0.1) is 10.1 Å². The van der Waals surface area contributed by atoms with Gasteiger partial charge in [-0.2, -0.15) is 0 Å². The van der Waals surface area contributed by atoms with Crippen molar-refractivity contribution in [3.8, 4) is 11.4 Å². The summed E-state index contributed by atoms with van der Waals surface area (Å²) in [6.45, 7) is 5.95. The first-order valence-corrected chi connectivity index (χ1v) is 18.7. The van der Waals surface area contributed by atoms with E-state index in [-0.39, 0.29) is 22.3 Å². The van der Waals surface area contributed by atoms with E-state index in [2.05, 4.69) is 34.3 Å². The van der Waals surface area contributed by atoms with E-state index >= 15 is 0 Å². The van der Waals surface area contributed by atoms with E-state index < -0.39 is 11.0 Å². The molecule has 266 valence electrons. The number of rotatable bonds is 9. The number of halogens is 2. The first-order valence-electron chi connectivity index (χ1n) is 16.3. The highest BCUT2D eigenvalue weighted by Crippen LogP contribution is 2.36. The van der Waals surface area contributed by atoms with Gasteiger partial charge in [0.2, 0.25) is 5.16 Å². The van der Waals surface area contributed by atoms with Gasteiger partial charge in [-0.05, 0) is 83.8 Å². The molecule has 2 aromatic heterocycles. The van der Waals surface area contributed by atoms with E-state index in [0.717, 1.165) is 34.2 Å². The molecular formula is C38H29Cl2N7O4S2. The summed E-state index contributed by atoms with van der Waals surface area (Å²) in [6, 6.07) is 25.8. The molecule has 0 saturated carbocycles. The zero-order valence-electron chi connectivity index (χ0n) is 28.3. The van der Waals surface area contributed by atoms with Gasteiger partial charge in [-0.25, -0.2) is 9.98 Å². The Hall–Kier alpha value is -5.34. The molecule has 1 aliphatic rings. The number of nitro benzene ring substituents is 1. The number of carbonyl (C=O) groups excluding carboxylic acids is 1. The topological polar surface area (TPSA) is 148 Å². The van der Waals surface area contributed by atoms with Crippen molar-refractivity contribution in [3.63, 3.8) is 0 Å². The largest absolute Gasteiger partial charge is 0.322 e. The molecule has 11 nitrogen and oxygen atoms in total. The van der Waals surface area contributed by atoms with Crippen LogP contribution in [0.25, 0.3) is 17.5 Å². The maximum absolute atomic E-state index is 14.3. The molecule has 15 heteroatoms. The Labute approximate surface area is 320 Å². The number of nitrogens with zero attached hydrogens (tertiary/aromatic N) is 5. The molecule has 53 heavy (non-hydrogen) atoms. The van der Waals surface area contributed by atoms with Crippen molar-refractivity contribution in [1.82, 2.24) is 19.7 Å². The minimum atomic E-state index is -0.763. The van der Waals surface area contributed by atoms with Gasteiger partial charge in [-0.15, -0.1) is 5.10 Å². The summed E-state index contributed by atoms with van der Waals surface area (Å²) in [4.78, 5) is 49.8. The molecule has 6 aromatic rings. The predicted octanol–water partition coefficient (Wildman–Crippen LogP) is 8.15. The molecule has 3 heterocycles. The number of fused-ring (bicyclic) bond motifs is 1. The normalized spacial score (nSPS) is 14.3. The maximum Gasteiger partial charge on any atom is 0.283 e. The third kappa shape index (κ3) is 7.46. The van der Waals surface area contributed by atoms with Crippen molar-refractivity contribution >= 4 is 69.7 Å². The zero-order chi connectivity index (χ0) is 37.4. The summed E-state index contributed by atoms with van der Waals surface area (Å²) in [5.41, 5.74) is 3.76. The Morgan fingerprint density at radius 3 is 2.51 bits per heavy atom. The molecule has 4 aromatic carbocycles. The van der Waals surface area contributed by atoms with Crippen molar-refractivity contribution in [2.45, 2.75) is 42.8 Å². The lowest BCUT2D eigenvalue weighted by molar-refractivity contribution is -0.387. The van der Waals surface area contributed by atoms with Gasteiger partial charge in [0.15, 0.2) is 10.6 Å². The SMILES string of the molecule is CC1=C(C(=O)Nc2ccccc2)[C@@H](c2ccc(C(C)C)cc2)n2c(s/c(=C/c3ccc(Sc4n[nH]c(-c5ccc(Cl)cc5Cl)n4)c([N+](=O)[O-])c3)c2=O)=N1. The second-order valence-corrected chi connectivity index (χ2v) is 15.3. The number of allylic oxidation sites excluding steroid dienone is 1. The van der Waals surface area contributed by atoms with E-state index in [0.29, 0.717) is 64.1 Å². The van der Waals surface area contributed by atoms with Crippen LogP contribution in [-0.2, 0) is 4.79 Å². The second-order valence-electron chi connectivity index (χ2n) is 12.4. The van der Waals surface area contributed by atoms with Gasteiger partial charge in [0.1, 0.15) is 0 Å². The molecular weight excluding hydrogens is 754 g/mol. The van der Waals surface area contributed by atoms with Crippen LogP contribution in [0.5, 0.6) is 0 Å². The first kappa shape index (κ1) is 36.0. The number of benzene rings is 4. The molecule has 0 radical (unpaired) electrons. The third-order valence-corrected chi connectivity index (χ3v) is 11.0. The minimum absolute atomic E-state index is 0.189. The van der Waals surface area contributed by atoms with Crippen molar-refractivity contribution < 1.29 is 9.72 Å². The number of para-hydroxylation sites is 1. The number of thiazole rings is 1. The number of nitrogens with one attached hydrogen (secondary N) is 2. The van der Waals surface area contributed by atoms with Crippen LogP contribution in [0.1, 0.15) is 49.4 Å². The van der Waals surface area contributed by atoms with Crippen LogP contribution in [0.15, 0.2) is 122 Å². The maximum atomic E-state index is 14.3. The third-order valence-electron chi connectivity index (χ3n) is 8.55. The van der Waals surface area contributed by atoms with Crippen molar-refractivity contribution in [2.75, 3.05) is 5.32 Å². The van der Waals surface area contributed by atoms with Gasteiger partial charge in [0.05, 0.1) is 36.7 Å². The Bertz CT molecular complexity index is 2620. The van der Waals surface area contributed by atoms with E-state index in [1.54, 1.807) is 55.5 Å². The first-order chi connectivity index (χ1) is 25.5. The molecule has 0 saturated heterocycles. The highest BCUT2D eigenvalue weighted by atomic mass is 35.5. The molecule has 1 atom stereocenters. The van der Waals surface area contributed by atoms with E-state index in [4.69, 9.17) is 28.2 Å². The van der Waals surface area contributed by atoms with Gasteiger partial charge >= 0.3 is 0 Å². The van der Waals surface area contributed by atoms with Crippen LogP contribution < -0.4 is 20.2 Å². The Morgan fingerprint density at radius 2 is 1.81 bits per heavy atom. The summed E-state index contributed by atoms with van der Waals surface area (Å²) < 4.78 is 1.83. The summed E-state index contributed by atoms with van der Waals surface area (Å²) in [6.07, 6.45) is 1.60. The molecule has 0 spiro atoms. The number of H-pyrrole nitrogens is 1. The minimum Gasteiger partial charge on any atom is -0.322 e. The lowest BCUT2D eigenvalue weighted by atomic mass is 9.93. The Balaban J connectivity index is 1.25. The number of nitro groups is 1. The number of hydrogen-bond donors (Lipinski definition) is 2. The Morgan fingerprint density at radius 1 is 1.06 bits per heavy atom. The average Bonchev–Trinajstić information content (AvgIpc) is 3.71. The van der Waals surface area contributed by atoms with E-state index in [1.807, 2.05) is 42.5 Å². The number of aromatic amines is 1. The van der Waals surface area contributed by atoms with E-state index in [1.165, 1.54) is 10.6 Å². The molecule has 2 N–H and O–H groups in total. The highest BCUT2D eigenvalue weighted by Gasteiger charge is 2.32. The molecule has 1 aliphatic heterocycles. The number of anilines is 1. The van der Waals surface area contributed by atoms with Crippen LogP contribution in [0.2, 0.25) is 10.0 Å². The average molecular weight is 783 g/mol. The van der Waals surface area contributed by atoms with Crippen molar-refractivity contribution in [1.29, 1.82) is 0 Å². The summed E-state index contributed by atoms with van der Waals surface area (Å²) in [5, 5.41) is 23.3. The smallest absolute Gasteiger partial charge is 0.283 e. The van der Waals surface area contributed by atoms with Gasteiger partial charge in [0, 0.05) is 22.3 Å². The molecule has 0 bridgehead atoms. The summed E-state index contributed by atoms with van der Waals surface area (Å²) >= 11 is 14.5. The standard InChI is InChI=1S/C38H29Cl2N7O4S2/c1-20(2)23-10-12-24(13-11-23)33-32(35(48)42-26-7-5-4-6-8-26)21(3)41-38-46(33)36(49)31(53-38)18-22-9-16-30(29(17-22)47(50)51)52-37-43-34(44-45-37)27-15-14-25(39)19-28(27)40/h4-20,33H,1-3H3,(H,42,48)(H,43,44,45)/b31-18+/t33-/m1/s1. The number of carbonyl (C=O) groups is 1. The van der Waals surface area contributed by atoms with Crippen LogP contribution >= 0.6 is 46.3 Å². The van der Waals surface area contributed by atoms with Crippen LogP contribution in [0.4, 0.5) is 11.4 Å². The monoisotopic (exact) mass is 781 g/mol. The van der Waals surface area contributed by atoms with Crippen LogP contribution in [-0.4, -0.2) is 30.6 Å². The molecule has 0 unspecified atom stereocenters. The summed E-state index contributed by atoms with van der Waals surface area (Å²) in [5.74, 6) is 0.302. The number of aromatic nitrogens is 4. The zero-order valence-corrected chi connectivity index (χ0v) is 31.5. The highest BCUT2D eigenvalue weighted by molar-refractivity contribution is 7.99. The van der Waals surface area contributed by atoms with E-state index in [9.17, 15) is 19.7 Å².